The maximum Gasteiger partial charge on any atom is 0.295 e. The lowest BCUT2D eigenvalue weighted by molar-refractivity contribution is 0.0971. The first-order valence-electron chi connectivity index (χ1n) is 12.1. The van der Waals surface area contributed by atoms with E-state index in [4.69, 9.17) is 13.9 Å². The van der Waals surface area contributed by atoms with Crippen molar-refractivity contribution >= 4 is 22.6 Å². The number of amides is 1. The van der Waals surface area contributed by atoms with Crippen LogP contribution in [-0.2, 0) is 0 Å². The molecule has 4 aromatic rings. The quantitative estimate of drug-likeness (QED) is 0.275. The van der Waals surface area contributed by atoms with Gasteiger partial charge in [-0.15, -0.1) is 0 Å². The van der Waals surface area contributed by atoms with Crippen molar-refractivity contribution in [3.8, 4) is 11.5 Å². The predicted octanol–water partition coefficient (Wildman–Crippen LogP) is 6.26. The maximum atomic E-state index is 14.0. The molecule has 7 heteroatoms. The highest BCUT2D eigenvalue weighted by Crippen LogP contribution is 2.43. The number of benzene rings is 3. The van der Waals surface area contributed by atoms with Crippen molar-refractivity contribution in [2.24, 2.45) is 0 Å². The summed E-state index contributed by atoms with van der Waals surface area (Å²) in [6.07, 6.45) is 1.91. The standard InChI is InChI=1S/C29H26FNO5/c1-3-5-15-35-23-13-11-18(16-24(23)34-4-2)26-25-27(32)21-17-19(30)12-14-22(21)36-28(25)29(33)31(26)20-9-7-6-8-10-20/h6-14,16-17,26H,3-5,15H2,1-2H3. The highest BCUT2D eigenvalue weighted by Gasteiger charge is 2.44. The molecule has 0 N–H and O–H groups in total. The third-order valence-electron chi connectivity index (χ3n) is 6.21. The predicted molar refractivity (Wildman–Crippen MR) is 136 cm³/mol. The maximum absolute atomic E-state index is 14.0. The van der Waals surface area contributed by atoms with Gasteiger partial charge in [0.25, 0.3) is 5.91 Å². The molecule has 6 nitrogen and oxygen atoms in total. The smallest absolute Gasteiger partial charge is 0.295 e. The van der Waals surface area contributed by atoms with Crippen LogP contribution in [0, 0.1) is 5.82 Å². The van der Waals surface area contributed by atoms with Crippen LogP contribution in [0.4, 0.5) is 10.1 Å². The Morgan fingerprint density at radius 1 is 0.944 bits per heavy atom. The van der Waals surface area contributed by atoms with Gasteiger partial charge in [-0.2, -0.15) is 0 Å². The number of rotatable bonds is 8. The normalized spacial score (nSPS) is 14.8. The van der Waals surface area contributed by atoms with Crippen LogP contribution in [0.2, 0.25) is 0 Å². The van der Waals surface area contributed by atoms with E-state index in [1.54, 1.807) is 24.3 Å². The van der Waals surface area contributed by atoms with E-state index >= 15 is 0 Å². The molecule has 0 spiro atoms. The van der Waals surface area contributed by atoms with E-state index in [9.17, 15) is 14.0 Å². The summed E-state index contributed by atoms with van der Waals surface area (Å²) in [7, 11) is 0. The van der Waals surface area contributed by atoms with Gasteiger partial charge in [0.05, 0.1) is 30.2 Å². The van der Waals surface area contributed by atoms with Gasteiger partial charge in [0.15, 0.2) is 16.9 Å². The SMILES string of the molecule is CCCCOc1ccc(C2c3c(oc4ccc(F)cc4c3=O)C(=O)N2c2ccccc2)cc1OCC. The Kier molecular flexibility index (Phi) is 6.46. The number of ether oxygens (including phenoxy) is 2. The van der Waals surface area contributed by atoms with Crippen LogP contribution in [0.3, 0.4) is 0 Å². The molecule has 184 valence electrons. The first-order valence-corrected chi connectivity index (χ1v) is 12.1. The molecule has 2 heterocycles. The number of hydrogen-bond acceptors (Lipinski definition) is 5. The highest BCUT2D eigenvalue weighted by atomic mass is 19.1. The minimum absolute atomic E-state index is 0.0470. The Hall–Kier alpha value is -4.13. The zero-order chi connectivity index (χ0) is 25.2. The van der Waals surface area contributed by atoms with Crippen molar-refractivity contribution in [3.63, 3.8) is 0 Å². The monoisotopic (exact) mass is 487 g/mol. The molecule has 3 aromatic carbocycles. The van der Waals surface area contributed by atoms with Gasteiger partial charge in [-0.25, -0.2) is 4.39 Å². The summed E-state index contributed by atoms with van der Waals surface area (Å²) in [5.74, 6) is 0.0800. The van der Waals surface area contributed by atoms with Crippen molar-refractivity contribution in [1.82, 2.24) is 0 Å². The van der Waals surface area contributed by atoms with Gasteiger partial charge in [0.2, 0.25) is 5.76 Å². The summed E-state index contributed by atoms with van der Waals surface area (Å²) in [6, 6.07) is 17.4. The van der Waals surface area contributed by atoms with Crippen LogP contribution >= 0.6 is 0 Å². The Bertz CT molecular complexity index is 1480. The van der Waals surface area contributed by atoms with E-state index in [1.165, 1.54) is 17.0 Å². The van der Waals surface area contributed by atoms with Gasteiger partial charge in [0, 0.05) is 5.69 Å². The van der Waals surface area contributed by atoms with Gasteiger partial charge in [-0.1, -0.05) is 37.6 Å². The van der Waals surface area contributed by atoms with Gasteiger partial charge in [0.1, 0.15) is 11.4 Å². The number of unbranched alkanes of at least 4 members (excludes halogenated alkanes) is 1. The molecule has 0 bridgehead atoms. The molecule has 1 atom stereocenters. The summed E-state index contributed by atoms with van der Waals surface area (Å²) < 4.78 is 31.7. The molecule has 0 saturated heterocycles. The van der Waals surface area contributed by atoms with Crippen LogP contribution in [0.25, 0.3) is 11.0 Å². The van der Waals surface area contributed by atoms with Crippen LogP contribution in [0.5, 0.6) is 11.5 Å². The second-order valence-corrected chi connectivity index (χ2v) is 8.57. The second kappa shape index (κ2) is 9.85. The number of carbonyl (C=O) groups is 1. The first-order chi connectivity index (χ1) is 17.5. The van der Waals surface area contributed by atoms with Crippen molar-refractivity contribution in [3.05, 3.63) is 99.7 Å². The van der Waals surface area contributed by atoms with E-state index in [0.29, 0.717) is 36.0 Å². The molecule has 5 rings (SSSR count). The molecule has 1 aromatic heterocycles. The molecular weight excluding hydrogens is 461 g/mol. The van der Waals surface area contributed by atoms with Gasteiger partial charge in [-0.05, 0) is 61.4 Å². The average molecular weight is 488 g/mol. The van der Waals surface area contributed by atoms with E-state index in [0.717, 1.165) is 18.9 Å². The molecular formula is C29H26FNO5. The lowest BCUT2D eigenvalue weighted by Gasteiger charge is -2.26. The number of carbonyl (C=O) groups excluding carboxylic acids is 1. The zero-order valence-corrected chi connectivity index (χ0v) is 20.1. The average Bonchev–Trinajstić information content (AvgIpc) is 3.18. The van der Waals surface area contributed by atoms with Gasteiger partial charge >= 0.3 is 0 Å². The summed E-state index contributed by atoms with van der Waals surface area (Å²) in [4.78, 5) is 28.9. The molecule has 0 fully saturated rings. The van der Waals surface area contributed by atoms with Gasteiger partial charge < -0.3 is 13.9 Å². The Morgan fingerprint density at radius 2 is 1.75 bits per heavy atom. The van der Waals surface area contributed by atoms with E-state index in [-0.39, 0.29) is 22.3 Å². The van der Waals surface area contributed by atoms with Gasteiger partial charge in [-0.3, -0.25) is 14.5 Å². The minimum Gasteiger partial charge on any atom is -0.490 e. The van der Waals surface area contributed by atoms with Crippen LogP contribution in [-0.4, -0.2) is 19.1 Å². The lowest BCUT2D eigenvalue weighted by Crippen LogP contribution is -2.29. The summed E-state index contributed by atoms with van der Waals surface area (Å²) in [6.45, 7) is 4.94. The van der Waals surface area contributed by atoms with Crippen molar-refractivity contribution in [1.29, 1.82) is 0 Å². The van der Waals surface area contributed by atoms with E-state index in [2.05, 4.69) is 6.92 Å². The Labute approximate surface area is 207 Å². The fourth-order valence-corrected chi connectivity index (χ4v) is 4.52. The second-order valence-electron chi connectivity index (χ2n) is 8.57. The molecule has 1 aliphatic heterocycles. The largest absolute Gasteiger partial charge is 0.490 e. The van der Waals surface area contributed by atoms with Crippen LogP contribution in [0.1, 0.15) is 54.4 Å². The van der Waals surface area contributed by atoms with E-state index < -0.39 is 23.2 Å². The minimum atomic E-state index is -0.789. The summed E-state index contributed by atoms with van der Waals surface area (Å²) in [5, 5.41) is 0.0889. The topological polar surface area (TPSA) is 69.0 Å². The molecule has 0 radical (unpaired) electrons. The highest BCUT2D eigenvalue weighted by molar-refractivity contribution is 6.10. The Balaban J connectivity index is 1.71. The molecule has 0 aliphatic carbocycles. The first kappa shape index (κ1) is 23.6. The Morgan fingerprint density at radius 3 is 2.50 bits per heavy atom. The third-order valence-corrected chi connectivity index (χ3v) is 6.21. The lowest BCUT2D eigenvalue weighted by atomic mass is 9.97. The van der Waals surface area contributed by atoms with Crippen LogP contribution in [0.15, 0.2) is 75.9 Å². The number of anilines is 1. The molecule has 1 unspecified atom stereocenters. The number of hydrogen-bond donors (Lipinski definition) is 0. The molecule has 1 amide bonds. The van der Waals surface area contributed by atoms with Crippen molar-refractivity contribution < 1.29 is 23.1 Å². The fraction of sp³-hybridized carbons (Fsp3) is 0.241. The van der Waals surface area contributed by atoms with Crippen LogP contribution < -0.4 is 19.8 Å². The van der Waals surface area contributed by atoms with Crippen molar-refractivity contribution in [2.75, 3.05) is 18.1 Å². The number of nitrogens with zero attached hydrogens (tertiary/aromatic N) is 1. The third kappa shape index (κ3) is 4.11. The van der Waals surface area contributed by atoms with E-state index in [1.807, 2.05) is 31.2 Å². The molecule has 1 aliphatic rings. The fourth-order valence-electron chi connectivity index (χ4n) is 4.52. The summed E-state index contributed by atoms with van der Waals surface area (Å²) in [5.41, 5.74) is 1.15. The number of halogens is 1. The number of fused-ring (bicyclic) bond motifs is 2. The summed E-state index contributed by atoms with van der Waals surface area (Å²) >= 11 is 0. The molecule has 36 heavy (non-hydrogen) atoms. The molecule has 0 saturated carbocycles. The zero-order valence-electron chi connectivity index (χ0n) is 20.1. The van der Waals surface area contributed by atoms with Crippen molar-refractivity contribution in [2.45, 2.75) is 32.7 Å². The number of para-hydroxylation sites is 1.